The van der Waals surface area contributed by atoms with E-state index < -0.39 is 16.8 Å². The monoisotopic (exact) mass is 283 g/mol. The number of hydrogen-bond donors (Lipinski definition) is 2. The van der Waals surface area contributed by atoms with Crippen LogP contribution in [-0.2, 0) is 15.6 Å². The molecular weight excluding hydrogens is 266 g/mol. The molecule has 5 nitrogen and oxygen atoms in total. The SMILES string of the molecule is CC(C)NC(=O)CCS(=O)c1cccc(C(=O)O)c1. The van der Waals surface area contributed by atoms with Crippen LogP contribution in [0.3, 0.4) is 0 Å². The van der Waals surface area contributed by atoms with Gasteiger partial charge in [-0.2, -0.15) is 0 Å². The molecule has 1 aromatic carbocycles. The van der Waals surface area contributed by atoms with Gasteiger partial charge in [-0.05, 0) is 32.0 Å². The molecule has 0 saturated carbocycles. The van der Waals surface area contributed by atoms with Crippen LogP contribution in [0.1, 0.15) is 30.6 Å². The van der Waals surface area contributed by atoms with E-state index in [-0.39, 0.29) is 29.7 Å². The Hall–Kier alpha value is -1.69. The number of benzene rings is 1. The van der Waals surface area contributed by atoms with Crippen molar-refractivity contribution in [2.75, 3.05) is 5.75 Å². The fourth-order valence-electron chi connectivity index (χ4n) is 1.47. The Balaban J connectivity index is 2.61. The summed E-state index contributed by atoms with van der Waals surface area (Å²) in [7, 11) is -1.37. The summed E-state index contributed by atoms with van der Waals surface area (Å²) in [5, 5.41) is 11.6. The Morgan fingerprint density at radius 2 is 2.05 bits per heavy atom. The average molecular weight is 283 g/mol. The summed E-state index contributed by atoms with van der Waals surface area (Å²) in [6.07, 6.45) is 0.155. The minimum absolute atomic E-state index is 0.0521. The summed E-state index contributed by atoms with van der Waals surface area (Å²) >= 11 is 0. The lowest BCUT2D eigenvalue weighted by molar-refractivity contribution is -0.121. The molecule has 0 aliphatic carbocycles. The maximum Gasteiger partial charge on any atom is 0.335 e. The predicted octanol–water partition coefficient (Wildman–Crippen LogP) is 1.41. The fourth-order valence-corrected chi connectivity index (χ4v) is 2.56. The van der Waals surface area contributed by atoms with E-state index in [9.17, 15) is 13.8 Å². The summed E-state index contributed by atoms with van der Waals surface area (Å²) in [5.74, 6) is -1.03. The van der Waals surface area contributed by atoms with Gasteiger partial charge < -0.3 is 10.4 Å². The Labute approximate surface area is 114 Å². The van der Waals surface area contributed by atoms with Gasteiger partial charge in [-0.1, -0.05) is 6.07 Å². The zero-order valence-corrected chi connectivity index (χ0v) is 11.7. The second-order valence-corrected chi connectivity index (χ2v) is 5.93. The van der Waals surface area contributed by atoms with Crippen LogP contribution in [0.15, 0.2) is 29.2 Å². The summed E-state index contributed by atoms with van der Waals surface area (Å²) in [4.78, 5) is 22.7. The molecule has 6 heteroatoms. The lowest BCUT2D eigenvalue weighted by Gasteiger charge is -2.08. The van der Waals surface area contributed by atoms with Crippen molar-refractivity contribution >= 4 is 22.7 Å². The van der Waals surface area contributed by atoms with Gasteiger partial charge in [0.25, 0.3) is 0 Å². The molecule has 0 heterocycles. The van der Waals surface area contributed by atoms with E-state index >= 15 is 0 Å². The third-order valence-electron chi connectivity index (χ3n) is 2.31. The van der Waals surface area contributed by atoms with Crippen LogP contribution in [0.5, 0.6) is 0 Å². The van der Waals surface area contributed by atoms with E-state index in [4.69, 9.17) is 5.11 Å². The van der Waals surface area contributed by atoms with Gasteiger partial charge >= 0.3 is 5.97 Å². The maximum absolute atomic E-state index is 11.9. The number of carbonyl (C=O) groups is 2. The Morgan fingerprint density at radius 1 is 1.37 bits per heavy atom. The predicted molar refractivity (Wildman–Crippen MR) is 72.6 cm³/mol. The van der Waals surface area contributed by atoms with Crippen molar-refractivity contribution in [3.63, 3.8) is 0 Å². The van der Waals surface area contributed by atoms with E-state index in [1.807, 2.05) is 13.8 Å². The quantitative estimate of drug-likeness (QED) is 0.826. The molecule has 0 fully saturated rings. The molecule has 0 aliphatic heterocycles. The van der Waals surface area contributed by atoms with E-state index in [0.29, 0.717) is 4.90 Å². The normalized spacial score (nSPS) is 12.2. The molecule has 1 atom stereocenters. The van der Waals surface area contributed by atoms with Crippen LogP contribution >= 0.6 is 0 Å². The molecule has 19 heavy (non-hydrogen) atoms. The molecule has 0 aromatic heterocycles. The number of aromatic carboxylic acids is 1. The van der Waals surface area contributed by atoms with Crippen LogP contribution in [-0.4, -0.2) is 33.0 Å². The molecule has 2 N–H and O–H groups in total. The van der Waals surface area contributed by atoms with Crippen molar-refractivity contribution in [3.05, 3.63) is 29.8 Å². The second-order valence-electron chi connectivity index (χ2n) is 4.35. The number of nitrogens with one attached hydrogen (secondary N) is 1. The van der Waals surface area contributed by atoms with Gasteiger partial charge in [-0.25, -0.2) is 4.79 Å². The van der Waals surface area contributed by atoms with Crippen molar-refractivity contribution in [1.29, 1.82) is 0 Å². The minimum atomic E-state index is -1.37. The highest BCUT2D eigenvalue weighted by Crippen LogP contribution is 2.11. The lowest BCUT2D eigenvalue weighted by atomic mass is 10.2. The maximum atomic E-state index is 11.9. The fraction of sp³-hybridized carbons (Fsp3) is 0.385. The van der Waals surface area contributed by atoms with Crippen LogP contribution in [0.4, 0.5) is 0 Å². The summed E-state index contributed by atoms with van der Waals surface area (Å²) in [6.45, 7) is 3.70. The third kappa shape index (κ3) is 5.21. The molecule has 1 rings (SSSR count). The Morgan fingerprint density at radius 3 is 2.63 bits per heavy atom. The molecule has 0 saturated heterocycles. The Kier molecular flexibility index (Phi) is 5.69. The highest BCUT2D eigenvalue weighted by Gasteiger charge is 2.10. The second kappa shape index (κ2) is 7.04. The van der Waals surface area contributed by atoms with Crippen molar-refractivity contribution in [1.82, 2.24) is 5.32 Å². The number of hydrogen-bond acceptors (Lipinski definition) is 3. The van der Waals surface area contributed by atoms with Gasteiger partial charge in [-0.15, -0.1) is 0 Å². The first-order valence-corrected chi connectivity index (χ1v) is 7.23. The van der Waals surface area contributed by atoms with Gasteiger partial charge in [0.2, 0.25) is 5.91 Å². The third-order valence-corrected chi connectivity index (χ3v) is 3.66. The van der Waals surface area contributed by atoms with Crippen LogP contribution < -0.4 is 5.32 Å². The smallest absolute Gasteiger partial charge is 0.335 e. The number of carboxylic acid groups (broad SMARTS) is 1. The molecule has 0 aliphatic rings. The zero-order valence-electron chi connectivity index (χ0n) is 10.9. The Bertz CT molecular complexity index is 499. The lowest BCUT2D eigenvalue weighted by Crippen LogP contribution is -2.30. The van der Waals surface area contributed by atoms with E-state index in [1.54, 1.807) is 12.1 Å². The van der Waals surface area contributed by atoms with E-state index in [0.717, 1.165) is 0 Å². The van der Waals surface area contributed by atoms with Gasteiger partial charge in [0.15, 0.2) is 0 Å². The van der Waals surface area contributed by atoms with Crippen LogP contribution in [0.2, 0.25) is 0 Å². The van der Waals surface area contributed by atoms with Gasteiger partial charge in [0.05, 0.1) is 16.4 Å². The molecular formula is C13H17NO4S. The number of amides is 1. The van der Waals surface area contributed by atoms with Gasteiger partial charge in [-0.3, -0.25) is 9.00 Å². The number of carboxylic acids is 1. The number of carbonyl (C=O) groups excluding carboxylic acids is 1. The molecule has 0 radical (unpaired) electrons. The number of rotatable bonds is 6. The van der Waals surface area contributed by atoms with Gasteiger partial charge in [0.1, 0.15) is 0 Å². The molecule has 0 spiro atoms. The van der Waals surface area contributed by atoms with Crippen molar-refractivity contribution in [3.8, 4) is 0 Å². The van der Waals surface area contributed by atoms with Crippen molar-refractivity contribution in [2.45, 2.75) is 31.2 Å². The van der Waals surface area contributed by atoms with E-state index in [2.05, 4.69) is 5.32 Å². The van der Waals surface area contributed by atoms with Crippen molar-refractivity contribution < 1.29 is 18.9 Å². The summed E-state index contributed by atoms with van der Waals surface area (Å²) in [5.41, 5.74) is 0.0949. The molecule has 1 amide bonds. The largest absolute Gasteiger partial charge is 0.478 e. The van der Waals surface area contributed by atoms with E-state index in [1.165, 1.54) is 12.1 Å². The molecule has 0 bridgehead atoms. The first kappa shape index (κ1) is 15.4. The standard InChI is InChI=1S/C13H17NO4S/c1-9(2)14-12(15)6-7-19(18)11-5-3-4-10(8-11)13(16)17/h3-5,8-9H,6-7H2,1-2H3,(H,14,15)(H,16,17). The minimum Gasteiger partial charge on any atom is -0.478 e. The molecule has 1 aromatic rings. The molecule has 104 valence electrons. The zero-order chi connectivity index (χ0) is 14.4. The summed E-state index contributed by atoms with van der Waals surface area (Å²) in [6, 6.07) is 6.01. The van der Waals surface area contributed by atoms with Crippen LogP contribution in [0, 0.1) is 0 Å². The first-order chi connectivity index (χ1) is 8.90. The highest BCUT2D eigenvalue weighted by molar-refractivity contribution is 7.85. The van der Waals surface area contributed by atoms with Gasteiger partial charge in [0, 0.05) is 23.1 Å². The average Bonchev–Trinajstić information content (AvgIpc) is 2.35. The first-order valence-electron chi connectivity index (χ1n) is 5.91. The molecule has 1 unspecified atom stereocenters. The van der Waals surface area contributed by atoms with Crippen LogP contribution in [0.25, 0.3) is 0 Å². The van der Waals surface area contributed by atoms with Crippen molar-refractivity contribution in [2.24, 2.45) is 0 Å². The topological polar surface area (TPSA) is 83.5 Å². The summed E-state index contributed by atoms with van der Waals surface area (Å²) < 4.78 is 11.9. The highest BCUT2D eigenvalue weighted by atomic mass is 32.2.